The van der Waals surface area contributed by atoms with Crippen LogP contribution in [0.1, 0.15) is 45.7 Å². The molecule has 0 saturated carbocycles. The van der Waals surface area contributed by atoms with Gasteiger partial charge < -0.3 is 9.73 Å². The number of hydrogen-bond acceptors (Lipinski definition) is 4. The molecule has 5 nitrogen and oxygen atoms in total. The Balaban J connectivity index is 1.18. The first-order chi connectivity index (χ1) is 28.3. The number of nitrogens with one attached hydrogen (secondary N) is 2. The number of para-hydroxylation sites is 3. The molecule has 270 valence electrons. The van der Waals surface area contributed by atoms with Crippen molar-refractivity contribution in [3.05, 3.63) is 228 Å². The first-order valence-electron chi connectivity index (χ1n) is 19.6. The van der Waals surface area contributed by atoms with Crippen molar-refractivity contribution in [2.45, 2.75) is 17.7 Å². The van der Waals surface area contributed by atoms with Gasteiger partial charge in [0.2, 0.25) is 5.96 Å². The van der Waals surface area contributed by atoms with E-state index >= 15 is 0 Å². The Labute approximate surface area is 329 Å². The van der Waals surface area contributed by atoms with Gasteiger partial charge in [-0.15, -0.1) is 0 Å². The van der Waals surface area contributed by atoms with Crippen LogP contribution in [0.15, 0.2) is 204 Å². The number of fused-ring (bicyclic) bond motifs is 10. The van der Waals surface area contributed by atoms with E-state index in [0.29, 0.717) is 0 Å². The summed E-state index contributed by atoms with van der Waals surface area (Å²) < 4.78 is 9.04. The number of benzene rings is 8. The summed E-state index contributed by atoms with van der Waals surface area (Å²) in [6.07, 6.45) is -0.671. The molecule has 8 aromatic carbocycles. The highest BCUT2D eigenvalue weighted by Crippen LogP contribution is 2.58. The fraction of sp³-hybridized carbons (Fsp3) is 0.0577. The molecule has 2 N–H and O–H groups in total. The van der Waals surface area contributed by atoms with Crippen LogP contribution < -0.4 is 10.6 Å². The molecule has 2 aromatic heterocycles. The van der Waals surface area contributed by atoms with E-state index in [4.69, 9.17) is 9.41 Å². The van der Waals surface area contributed by atoms with Gasteiger partial charge in [0.05, 0.1) is 16.4 Å². The molecule has 57 heavy (non-hydrogen) atoms. The van der Waals surface area contributed by atoms with Gasteiger partial charge in [0, 0.05) is 32.7 Å². The molecule has 2 unspecified atom stereocenters. The summed E-state index contributed by atoms with van der Waals surface area (Å²) >= 11 is 0. The number of nitrogens with zero attached hydrogens (tertiary/aromatic N) is 2. The standard InChI is InChI=1S/C52H36N4O/c1-4-17-33(18-5-1)49-53-50(42-27-16-26-41-38-25-12-15-30-45(38)57-48(41)42)55-51(54-49)56-44-29-14-11-24-37(44)40-32-31-39-36-23-10-13-28-43(36)52(46(39)47(40)56,34-19-6-2-7-20-34)35-21-8-3-9-22-35/h1-32,49-50,53H,(H,54,55). The fourth-order valence-electron chi connectivity index (χ4n) is 9.82. The van der Waals surface area contributed by atoms with Crippen LogP contribution in [-0.2, 0) is 5.41 Å². The van der Waals surface area contributed by atoms with Gasteiger partial charge in [-0.05, 0) is 45.5 Å². The maximum atomic E-state index is 6.64. The third-order valence-electron chi connectivity index (χ3n) is 12.2. The van der Waals surface area contributed by atoms with Crippen LogP contribution >= 0.6 is 0 Å². The van der Waals surface area contributed by atoms with Crippen molar-refractivity contribution in [2.24, 2.45) is 4.99 Å². The first-order valence-corrected chi connectivity index (χ1v) is 19.6. The molecule has 0 saturated heterocycles. The minimum atomic E-state index is -0.605. The van der Waals surface area contributed by atoms with Crippen molar-refractivity contribution in [1.29, 1.82) is 0 Å². The molecule has 2 aliphatic rings. The Kier molecular flexibility index (Phi) is 6.98. The quantitative estimate of drug-likeness (QED) is 0.189. The van der Waals surface area contributed by atoms with E-state index < -0.39 is 5.41 Å². The molecule has 0 radical (unpaired) electrons. The zero-order valence-electron chi connectivity index (χ0n) is 30.9. The SMILES string of the molecule is c1ccc(C2N=C(n3c4ccccc4c4ccc5c(c43)C(c3ccccc3)(c3ccccc3)c3ccccc3-5)NC(c3cccc4c3oc3ccccc34)N2)cc1. The van der Waals surface area contributed by atoms with Gasteiger partial charge >= 0.3 is 0 Å². The third kappa shape index (κ3) is 4.58. The van der Waals surface area contributed by atoms with E-state index in [1.54, 1.807) is 0 Å². The summed E-state index contributed by atoms with van der Waals surface area (Å²) in [6, 6.07) is 69.7. The second-order valence-electron chi connectivity index (χ2n) is 15.1. The molecule has 12 rings (SSSR count). The van der Waals surface area contributed by atoms with Crippen molar-refractivity contribution in [3.63, 3.8) is 0 Å². The highest BCUT2D eigenvalue weighted by Gasteiger charge is 2.48. The Morgan fingerprint density at radius 2 is 1.18 bits per heavy atom. The Morgan fingerprint density at radius 3 is 1.96 bits per heavy atom. The van der Waals surface area contributed by atoms with Crippen LogP contribution in [0.2, 0.25) is 0 Å². The molecule has 3 heterocycles. The van der Waals surface area contributed by atoms with Crippen molar-refractivity contribution < 1.29 is 4.42 Å². The van der Waals surface area contributed by atoms with E-state index in [9.17, 15) is 0 Å². The summed E-state index contributed by atoms with van der Waals surface area (Å²) in [7, 11) is 0. The fourth-order valence-corrected chi connectivity index (χ4v) is 9.82. The van der Waals surface area contributed by atoms with Crippen molar-refractivity contribution in [2.75, 3.05) is 0 Å². The Morgan fingerprint density at radius 1 is 0.526 bits per heavy atom. The Hall–Kier alpha value is -7.21. The molecule has 5 heteroatoms. The van der Waals surface area contributed by atoms with Gasteiger partial charge in [0.25, 0.3) is 0 Å². The van der Waals surface area contributed by atoms with Gasteiger partial charge in [0.1, 0.15) is 23.5 Å². The van der Waals surface area contributed by atoms with E-state index in [0.717, 1.165) is 50.1 Å². The predicted molar refractivity (Wildman–Crippen MR) is 231 cm³/mol. The molecule has 1 aliphatic heterocycles. The molecular formula is C52H36N4O. The number of furan rings is 1. The number of rotatable bonds is 4. The highest BCUT2D eigenvalue weighted by molar-refractivity contribution is 6.17. The smallest absolute Gasteiger partial charge is 0.206 e. The van der Waals surface area contributed by atoms with Crippen LogP contribution in [0.4, 0.5) is 0 Å². The average Bonchev–Trinajstić information content (AvgIpc) is 3.94. The summed E-state index contributed by atoms with van der Waals surface area (Å²) in [4.78, 5) is 5.59. The zero-order chi connectivity index (χ0) is 37.5. The predicted octanol–water partition coefficient (Wildman–Crippen LogP) is 11.9. The van der Waals surface area contributed by atoms with Crippen LogP contribution in [0.3, 0.4) is 0 Å². The second kappa shape index (κ2) is 12.4. The monoisotopic (exact) mass is 732 g/mol. The summed E-state index contributed by atoms with van der Waals surface area (Å²) in [6.45, 7) is 0. The number of hydrogen-bond donors (Lipinski definition) is 2. The molecular weight excluding hydrogens is 697 g/mol. The topological polar surface area (TPSA) is 54.5 Å². The van der Waals surface area contributed by atoms with Crippen LogP contribution in [0.5, 0.6) is 0 Å². The molecule has 0 bridgehead atoms. The lowest BCUT2D eigenvalue weighted by Gasteiger charge is -2.35. The van der Waals surface area contributed by atoms with Crippen LogP contribution in [0.25, 0.3) is 54.9 Å². The summed E-state index contributed by atoms with van der Waals surface area (Å²) in [5.74, 6) is 0.770. The van der Waals surface area contributed by atoms with Crippen molar-refractivity contribution >= 4 is 49.7 Å². The van der Waals surface area contributed by atoms with E-state index in [2.05, 4.69) is 197 Å². The molecule has 0 fully saturated rings. The first kappa shape index (κ1) is 32.1. The number of aliphatic imine (C=N–C) groups is 1. The van der Waals surface area contributed by atoms with Gasteiger partial charge in [-0.3, -0.25) is 9.88 Å². The summed E-state index contributed by atoms with van der Waals surface area (Å²) in [5, 5.41) is 12.4. The van der Waals surface area contributed by atoms with E-state index in [-0.39, 0.29) is 12.3 Å². The average molecular weight is 733 g/mol. The van der Waals surface area contributed by atoms with Gasteiger partial charge in [-0.25, -0.2) is 4.99 Å². The maximum Gasteiger partial charge on any atom is 0.206 e. The lowest BCUT2D eigenvalue weighted by molar-refractivity contribution is 0.402. The minimum absolute atomic E-state index is 0.329. The van der Waals surface area contributed by atoms with Gasteiger partial charge in [-0.2, -0.15) is 0 Å². The molecule has 2 atom stereocenters. The molecule has 0 amide bonds. The highest BCUT2D eigenvalue weighted by atomic mass is 16.3. The van der Waals surface area contributed by atoms with E-state index in [1.807, 2.05) is 12.1 Å². The maximum absolute atomic E-state index is 6.64. The van der Waals surface area contributed by atoms with Crippen LogP contribution in [-0.4, -0.2) is 10.5 Å². The van der Waals surface area contributed by atoms with Crippen molar-refractivity contribution in [1.82, 2.24) is 15.2 Å². The second-order valence-corrected chi connectivity index (χ2v) is 15.1. The lowest BCUT2D eigenvalue weighted by Crippen LogP contribution is -2.47. The largest absolute Gasteiger partial charge is 0.456 e. The lowest BCUT2D eigenvalue weighted by atomic mass is 9.67. The zero-order valence-corrected chi connectivity index (χ0v) is 30.9. The van der Waals surface area contributed by atoms with E-state index in [1.165, 1.54) is 44.2 Å². The van der Waals surface area contributed by atoms with Crippen LogP contribution in [0, 0.1) is 0 Å². The minimum Gasteiger partial charge on any atom is -0.456 e. The summed E-state index contributed by atoms with van der Waals surface area (Å²) in [5.41, 5.74) is 12.9. The Bertz CT molecular complexity index is 3160. The van der Waals surface area contributed by atoms with Gasteiger partial charge in [-0.1, -0.05) is 182 Å². The van der Waals surface area contributed by atoms with Gasteiger partial charge in [0.15, 0.2) is 0 Å². The molecule has 1 aliphatic carbocycles. The molecule has 0 spiro atoms. The third-order valence-corrected chi connectivity index (χ3v) is 12.2. The normalized spacial score (nSPS) is 17.1. The molecule has 10 aromatic rings. The van der Waals surface area contributed by atoms with Crippen molar-refractivity contribution in [3.8, 4) is 11.1 Å². The number of aromatic nitrogens is 1.